The maximum atomic E-state index is 12.9. The Balaban J connectivity index is 2.68. The summed E-state index contributed by atoms with van der Waals surface area (Å²) in [6.07, 6.45) is 0. The van der Waals surface area contributed by atoms with Crippen LogP contribution >= 0.6 is 0 Å². The summed E-state index contributed by atoms with van der Waals surface area (Å²) in [7, 11) is 3.93. The largest absolute Gasteiger partial charge is 0.378 e. The molecular weight excluding hydrogens is 284 g/mol. The van der Waals surface area contributed by atoms with Crippen LogP contribution in [0.2, 0.25) is 0 Å². The van der Waals surface area contributed by atoms with Crippen LogP contribution in [-0.4, -0.2) is 36.6 Å². The van der Waals surface area contributed by atoms with Crippen molar-refractivity contribution in [2.75, 3.05) is 38.0 Å². The summed E-state index contributed by atoms with van der Waals surface area (Å²) < 4.78 is 25.8. The zero-order chi connectivity index (χ0) is 15.6. The van der Waals surface area contributed by atoms with Gasteiger partial charge in [0.1, 0.15) is 0 Å². The molecule has 0 saturated heterocycles. The zero-order valence-electron chi connectivity index (χ0n) is 12.7. The molecule has 0 radical (unpaired) electrons. The summed E-state index contributed by atoms with van der Waals surface area (Å²) in [4.78, 5) is 4.34. The van der Waals surface area contributed by atoms with Gasteiger partial charge in [-0.3, -0.25) is 0 Å². The molecule has 5 heteroatoms. The Labute approximate surface area is 126 Å². The van der Waals surface area contributed by atoms with E-state index in [1.807, 2.05) is 56.2 Å². The Bertz CT molecular complexity index is 723. The number of benzene rings is 2. The van der Waals surface area contributed by atoms with E-state index in [1.54, 1.807) is 30.3 Å². The van der Waals surface area contributed by atoms with Crippen LogP contribution in [0, 0.1) is 0 Å². The van der Waals surface area contributed by atoms with Gasteiger partial charge in [-0.25, -0.2) is 8.42 Å². The van der Waals surface area contributed by atoms with Crippen LogP contribution in [0.25, 0.3) is 0 Å². The Morgan fingerprint density at radius 1 is 0.810 bits per heavy atom. The van der Waals surface area contributed by atoms with Crippen LogP contribution in [0.3, 0.4) is 0 Å². The van der Waals surface area contributed by atoms with E-state index in [4.69, 9.17) is 0 Å². The van der Waals surface area contributed by atoms with Crippen molar-refractivity contribution in [2.45, 2.75) is 9.79 Å². The number of hydrogen-bond donors (Lipinski definition) is 0. The van der Waals surface area contributed by atoms with Gasteiger partial charge < -0.3 is 9.80 Å². The topological polar surface area (TPSA) is 40.6 Å². The highest BCUT2D eigenvalue weighted by molar-refractivity contribution is 7.91. The minimum Gasteiger partial charge on any atom is -0.378 e. The van der Waals surface area contributed by atoms with Crippen LogP contribution in [-0.2, 0) is 9.84 Å². The van der Waals surface area contributed by atoms with Crippen molar-refractivity contribution >= 4 is 21.2 Å². The molecule has 0 atom stereocenters. The first kappa shape index (κ1) is 15.4. The highest BCUT2D eigenvalue weighted by Gasteiger charge is 2.22. The lowest BCUT2D eigenvalue weighted by atomic mass is 10.2. The second-order valence-electron chi connectivity index (χ2n) is 5.26. The van der Waals surface area contributed by atoms with Crippen molar-refractivity contribution in [1.82, 2.24) is 0 Å². The molecule has 0 saturated carbocycles. The molecular formula is C16H20N2O2S. The second-order valence-corrected chi connectivity index (χ2v) is 7.18. The average Bonchev–Trinajstić information content (AvgIpc) is 2.47. The molecule has 0 aliphatic rings. The first-order chi connectivity index (χ1) is 9.84. The van der Waals surface area contributed by atoms with Gasteiger partial charge in [0.25, 0.3) is 0 Å². The maximum Gasteiger partial charge on any atom is 0.208 e. The summed E-state index contributed by atoms with van der Waals surface area (Å²) in [5, 5.41) is 0. The summed E-state index contributed by atoms with van der Waals surface area (Å²) >= 11 is 0. The van der Waals surface area contributed by atoms with Gasteiger partial charge in [0.2, 0.25) is 9.84 Å². The molecule has 0 aromatic heterocycles. The molecule has 0 aliphatic carbocycles. The van der Waals surface area contributed by atoms with Crippen molar-refractivity contribution in [3.8, 4) is 0 Å². The van der Waals surface area contributed by atoms with E-state index in [0.717, 1.165) is 5.69 Å². The number of sulfone groups is 1. The minimum absolute atomic E-state index is 0.309. The highest BCUT2D eigenvalue weighted by atomic mass is 32.2. The summed E-state index contributed by atoms with van der Waals surface area (Å²) in [6, 6.07) is 14.0. The van der Waals surface area contributed by atoms with Gasteiger partial charge in [-0.2, -0.15) is 0 Å². The molecule has 0 N–H and O–H groups in total. The van der Waals surface area contributed by atoms with E-state index in [9.17, 15) is 8.42 Å². The third-order valence-electron chi connectivity index (χ3n) is 3.28. The lowest BCUT2D eigenvalue weighted by molar-refractivity contribution is 0.596. The van der Waals surface area contributed by atoms with Crippen LogP contribution in [0.5, 0.6) is 0 Å². The lowest BCUT2D eigenvalue weighted by Gasteiger charge is -2.21. The fraction of sp³-hybridized carbons (Fsp3) is 0.250. The van der Waals surface area contributed by atoms with Gasteiger partial charge in [0.15, 0.2) is 0 Å². The maximum absolute atomic E-state index is 12.9. The Hall–Kier alpha value is -2.01. The molecule has 0 amide bonds. The number of rotatable bonds is 4. The molecule has 0 unspecified atom stereocenters. The molecule has 0 spiro atoms. The predicted octanol–water partition coefficient (Wildman–Crippen LogP) is 2.65. The van der Waals surface area contributed by atoms with Crippen molar-refractivity contribution < 1.29 is 8.42 Å². The minimum atomic E-state index is -3.54. The Morgan fingerprint density at radius 2 is 1.43 bits per heavy atom. The molecule has 21 heavy (non-hydrogen) atoms. The number of hydrogen-bond acceptors (Lipinski definition) is 4. The summed E-state index contributed by atoms with van der Waals surface area (Å²) in [5.74, 6) is 0. The monoisotopic (exact) mass is 304 g/mol. The van der Waals surface area contributed by atoms with Gasteiger partial charge in [-0.05, 0) is 30.3 Å². The zero-order valence-corrected chi connectivity index (χ0v) is 13.6. The third-order valence-corrected chi connectivity index (χ3v) is 5.08. The van der Waals surface area contributed by atoms with Crippen molar-refractivity contribution in [2.24, 2.45) is 0 Å². The van der Waals surface area contributed by atoms with Crippen LogP contribution in [0.1, 0.15) is 0 Å². The first-order valence-electron chi connectivity index (χ1n) is 6.63. The first-order valence-corrected chi connectivity index (χ1v) is 8.11. The molecule has 0 heterocycles. The van der Waals surface area contributed by atoms with E-state index in [1.165, 1.54) is 0 Å². The van der Waals surface area contributed by atoms with Crippen LogP contribution < -0.4 is 9.80 Å². The summed E-state index contributed by atoms with van der Waals surface area (Å²) in [6.45, 7) is 0. The fourth-order valence-electron chi connectivity index (χ4n) is 2.09. The molecule has 0 fully saturated rings. The number of nitrogens with zero attached hydrogens (tertiary/aromatic N) is 2. The fourth-order valence-corrected chi connectivity index (χ4v) is 3.66. The molecule has 4 nitrogen and oxygen atoms in total. The second kappa shape index (κ2) is 5.77. The van der Waals surface area contributed by atoms with Crippen molar-refractivity contribution in [1.29, 1.82) is 0 Å². The molecule has 2 aromatic rings. The SMILES string of the molecule is CN(C)c1ccc(N(C)C)c(S(=O)(=O)c2ccccc2)c1. The van der Waals surface area contributed by atoms with Crippen molar-refractivity contribution in [3.63, 3.8) is 0 Å². The Kier molecular flexibility index (Phi) is 4.23. The molecule has 0 bridgehead atoms. The standard InChI is InChI=1S/C16H20N2O2S/c1-17(2)13-10-11-15(18(3)4)16(12-13)21(19,20)14-8-6-5-7-9-14/h5-12H,1-4H3. The predicted molar refractivity (Wildman–Crippen MR) is 87.0 cm³/mol. The van der Waals surface area contributed by atoms with Crippen LogP contribution in [0.15, 0.2) is 58.3 Å². The van der Waals surface area contributed by atoms with E-state index < -0.39 is 9.84 Å². The average molecular weight is 304 g/mol. The highest BCUT2D eigenvalue weighted by Crippen LogP contribution is 2.32. The summed E-state index contributed by atoms with van der Waals surface area (Å²) in [5.41, 5.74) is 1.54. The van der Waals surface area contributed by atoms with Gasteiger partial charge in [0.05, 0.1) is 15.5 Å². The van der Waals surface area contributed by atoms with E-state index >= 15 is 0 Å². The molecule has 112 valence electrons. The van der Waals surface area contributed by atoms with E-state index in [0.29, 0.717) is 15.5 Å². The van der Waals surface area contributed by atoms with Gasteiger partial charge in [-0.1, -0.05) is 18.2 Å². The van der Waals surface area contributed by atoms with Crippen molar-refractivity contribution in [3.05, 3.63) is 48.5 Å². The quantitative estimate of drug-likeness (QED) is 0.871. The normalized spacial score (nSPS) is 11.2. The van der Waals surface area contributed by atoms with Gasteiger partial charge in [0, 0.05) is 33.9 Å². The molecule has 0 aliphatic heterocycles. The smallest absolute Gasteiger partial charge is 0.208 e. The van der Waals surface area contributed by atoms with E-state index in [-0.39, 0.29) is 0 Å². The number of anilines is 2. The Morgan fingerprint density at radius 3 is 1.95 bits per heavy atom. The lowest BCUT2D eigenvalue weighted by Crippen LogP contribution is -2.16. The third kappa shape index (κ3) is 3.03. The van der Waals surface area contributed by atoms with Gasteiger partial charge >= 0.3 is 0 Å². The van der Waals surface area contributed by atoms with Gasteiger partial charge in [-0.15, -0.1) is 0 Å². The van der Waals surface area contributed by atoms with E-state index in [2.05, 4.69) is 0 Å². The van der Waals surface area contributed by atoms with Crippen LogP contribution in [0.4, 0.5) is 11.4 Å². The molecule has 2 aromatic carbocycles. The molecule has 2 rings (SSSR count).